The quantitative estimate of drug-likeness (QED) is 0.704. The van der Waals surface area contributed by atoms with Gasteiger partial charge in [0.2, 0.25) is 0 Å². The number of carboxylic acids is 1. The highest BCUT2D eigenvalue weighted by Crippen LogP contribution is 2.27. The number of carbonyl (C=O) groups is 1. The average Bonchev–Trinajstić information content (AvgIpc) is 2.01. The van der Waals surface area contributed by atoms with Crippen LogP contribution in [0.3, 0.4) is 0 Å². The zero-order valence-electron chi connectivity index (χ0n) is 8.12. The lowest BCUT2D eigenvalue weighted by Gasteiger charge is -2.34. The van der Waals surface area contributed by atoms with Gasteiger partial charge in [-0.3, -0.25) is 4.79 Å². The second-order valence-corrected chi connectivity index (χ2v) is 4.86. The lowest BCUT2D eigenvalue weighted by Crippen LogP contribution is -2.49. The first kappa shape index (κ1) is 10.9. The lowest BCUT2D eigenvalue weighted by atomic mass is 9.79. The van der Waals surface area contributed by atoms with Crippen molar-refractivity contribution in [3.05, 3.63) is 0 Å². The molecule has 1 fully saturated rings. The number of aliphatic carboxylic acids is 1. The minimum absolute atomic E-state index is 0.144. The summed E-state index contributed by atoms with van der Waals surface area (Å²) in [5.41, 5.74) is 0. The molecule has 0 saturated heterocycles. The van der Waals surface area contributed by atoms with E-state index in [0.29, 0.717) is 5.25 Å². The van der Waals surface area contributed by atoms with E-state index in [1.54, 1.807) is 11.8 Å². The van der Waals surface area contributed by atoms with Crippen molar-refractivity contribution >= 4 is 17.7 Å². The maximum Gasteiger partial charge on any atom is 0.308 e. The summed E-state index contributed by atoms with van der Waals surface area (Å²) in [4.78, 5) is 10.7. The molecule has 1 rings (SSSR count). The summed E-state index contributed by atoms with van der Waals surface area (Å²) in [5, 5.41) is 12.6. The Morgan fingerprint density at radius 2 is 2.38 bits per heavy atom. The minimum atomic E-state index is -0.652. The number of carboxylic acid groups (broad SMARTS) is 1. The molecule has 1 aliphatic carbocycles. The van der Waals surface area contributed by atoms with E-state index >= 15 is 0 Å². The van der Waals surface area contributed by atoms with Crippen molar-refractivity contribution in [1.29, 1.82) is 0 Å². The van der Waals surface area contributed by atoms with E-state index in [2.05, 4.69) is 18.5 Å². The van der Waals surface area contributed by atoms with Crippen LogP contribution in [-0.4, -0.2) is 35.2 Å². The molecular formula is C9H17NO2S. The molecule has 0 spiro atoms. The van der Waals surface area contributed by atoms with E-state index in [-0.39, 0.29) is 12.0 Å². The fourth-order valence-electron chi connectivity index (χ4n) is 1.44. The molecule has 0 aliphatic heterocycles. The molecular weight excluding hydrogens is 186 g/mol. The van der Waals surface area contributed by atoms with Crippen LogP contribution >= 0.6 is 11.8 Å². The highest BCUT2D eigenvalue weighted by Gasteiger charge is 2.36. The highest BCUT2D eigenvalue weighted by atomic mass is 32.2. The van der Waals surface area contributed by atoms with Gasteiger partial charge in [-0.15, -0.1) is 0 Å². The number of rotatable bonds is 5. The van der Waals surface area contributed by atoms with Gasteiger partial charge in [0.1, 0.15) is 0 Å². The Labute approximate surface area is 83.3 Å². The van der Waals surface area contributed by atoms with Crippen LogP contribution in [0.25, 0.3) is 0 Å². The third-order valence-corrected chi connectivity index (χ3v) is 3.63. The minimum Gasteiger partial charge on any atom is -0.481 e. The Balaban J connectivity index is 2.19. The molecule has 13 heavy (non-hydrogen) atoms. The molecule has 0 aromatic rings. The van der Waals surface area contributed by atoms with Gasteiger partial charge in [0, 0.05) is 17.8 Å². The summed E-state index contributed by atoms with van der Waals surface area (Å²) < 4.78 is 0. The number of thioether (sulfide) groups is 1. The third-order valence-electron chi connectivity index (χ3n) is 2.66. The van der Waals surface area contributed by atoms with Crippen molar-refractivity contribution < 1.29 is 9.90 Å². The Morgan fingerprint density at radius 3 is 2.77 bits per heavy atom. The van der Waals surface area contributed by atoms with E-state index in [9.17, 15) is 4.79 Å². The molecule has 1 saturated carbocycles. The van der Waals surface area contributed by atoms with Crippen LogP contribution in [0.2, 0.25) is 0 Å². The number of nitrogens with one attached hydrogen (secondary N) is 1. The van der Waals surface area contributed by atoms with Gasteiger partial charge in [-0.25, -0.2) is 0 Å². The Bertz CT molecular complexity index is 186. The van der Waals surface area contributed by atoms with E-state index in [0.717, 1.165) is 19.4 Å². The fraction of sp³-hybridized carbons (Fsp3) is 0.889. The summed E-state index contributed by atoms with van der Waals surface area (Å²) in [6.07, 6.45) is 3.92. The van der Waals surface area contributed by atoms with Crippen molar-refractivity contribution in [2.75, 3.05) is 12.8 Å². The van der Waals surface area contributed by atoms with Crippen molar-refractivity contribution in [2.45, 2.75) is 31.1 Å². The first-order valence-electron chi connectivity index (χ1n) is 4.64. The van der Waals surface area contributed by atoms with Gasteiger partial charge in [-0.05, 0) is 19.1 Å². The second kappa shape index (κ2) is 4.86. The third kappa shape index (κ3) is 2.88. The largest absolute Gasteiger partial charge is 0.481 e. The van der Waals surface area contributed by atoms with Crippen LogP contribution in [0, 0.1) is 5.92 Å². The lowest BCUT2D eigenvalue weighted by molar-refractivity contribution is -0.146. The Hall–Kier alpha value is -0.220. The summed E-state index contributed by atoms with van der Waals surface area (Å²) in [6, 6.07) is 0.215. The smallest absolute Gasteiger partial charge is 0.308 e. The zero-order valence-corrected chi connectivity index (χ0v) is 8.93. The van der Waals surface area contributed by atoms with E-state index in [4.69, 9.17) is 5.11 Å². The topological polar surface area (TPSA) is 49.3 Å². The molecule has 3 nitrogen and oxygen atoms in total. The molecule has 2 N–H and O–H groups in total. The SMILES string of the molecule is CSC(C)CNC1CCC1C(=O)O. The summed E-state index contributed by atoms with van der Waals surface area (Å²) in [6.45, 7) is 3.06. The Morgan fingerprint density at radius 1 is 1.69 bits per heavy atom. The molecule has 0 bridgehead atoms. The van der Waals surface area contributed by atoms with Crippen molar-refractivity contribution in [2.24, 2.45) is 5.92 Å². The fourth-order valence-corrected chi connectivity index (χ4v) is 1.70. The molecule has 76 valence electrons. The summed E-state index contributed by atoms with van der Waals surface area (Å²) in [7, 11) is 0. The average molecular weight is 203 g/mol. The van der Waals surface area contributed by atoms with Gasteiger partial charge in [0.25, 0.3) is 0 Å². The van der Waals surface area contributed by atoms with Crippen LogP contribution in [0.1, 0.15) is 19.8 Å². The summed E-state index contributed by atoms with van der Waals surface area (Å²) in [5.74, 6) is -0.797. The van der Waals surface area contributed by atoms with Gasteiger partial charge in [0.15, 0.2) is 0 Å². The van der Waals surface area contributed by atoms with E-state index < -0.39 is 5.97 Å². The van der Waals surface area contributed by atoms with Crippen LogP contribution in [0.4, 0.5) is 0 Å². The van der Waals surface area contributed by atoms with Crippen molar-refractivity contribution in [3.8, 4) is 0 Å². The number of hydrogen-bond acceptors (Lipinski definition) is 3. The van der Waals surface area contributed by atoms with Crippen LogP contribution < -0.4 is 5.32 Å². The Kier molecular flexibility index (Phi) is 4.06. The molecule has 3 atom stereocenters. The van der Waals surface area contributed by atoms with Gasteiger partial charge >= 0.3 is 5.97 Å². The highest BCUT2D eigenvalue weighted by molar-refractivity contribution is 7.99. The maximum absolute atomic E-state index is 10.7. The second-order valence-electron chi connectivity index (χ2n) is 3.58. The van der Waals surface area contributed by atoms with Crippen LogP contribution in [0.5, 0.6) is 0 Å². The molecule has 3 unspecified atom stereocenters. The van der Waals surface area contributed by atoms with Gasteiger partial charge in [-0.1, -0.05) is 6.92 Å². The molecule has 0 amide bonds. The first-order chi connectivity index (χ1) is 6.15. The van der Waals surface area contributed by atoms with Gasteiger partial charge < -0.3 is 10.4 Å². The number of hydrogen-bond donors (Lipinski definition) is 2. The zero-order chi connectivity index (χ0) is 9.84. The molecule has 4 heteroatoms. The predicted molar refractivity (Wildman–Crippen MR) is 55.1 cm³/mol. The normalized spacial score (nSPS) is 29.4. The van der Waals surface area contributed by atoms with Crippen LogP contribution in [-0.2, 0) is 4.79 Å². The van der Waals surface area contributed by atoms with E-state index in [1.807, 2.05) is 0 Å². The first-order valence-corrected chi connectivity index (χ1v) is 5.93. The molecule has 0 aromatic heterocycles. The monoisotopic (exact) mass is 203 g/mol. The van der Waals surface area contributed by atoms with Crippen LogP contribution in [0.15, 0.2) is 0 Å². The van der Waals surface area contributed by atoms with Gasteiger partial charge in [0.05, 0.1) is 5.92 Å². The van der Waals surface area contributed by atoms with Gasteiger partial charge in [-0.2, -0.15) is 11.8 Å². The molecule has 0 aromatic carbocycles. The van der Waals surface area contributed by atoms with Crippen molar-refractivity contribution in [3.63, 3.8) is 0 Å². The summed E-state index contributed by atoms with van der Waals surface area (Å²) >= 11 is 1.80. The van der Waals surface area contributed by atoms with E-state index in [1.165, 1.54) is 0 Å². The molecule has 0 radical (unpaired) electrons. The predicted octanol–water partition coefficient (Wildman–Crippen LogP) is 1.19. The molecule has 0 heterocycles. The molecule has 1 aliphatic rings. The standard InChI is InChI=1S/C9H17NO2S/c1-6(13-2)5-10-8-4-3-7(8)9(11)12/h6-8,10H,3-5H2,1-2H3,(H,11,12). The maximum atomic E-state index is 10.7. The van der Waals surface area contributed by atoms with Crippen molar-refractivity contribution in [1.82, 2.24) is 5.32 Å².